The molecule has 2 nitrogen and oxygen atoms in total. The first kappa shape index (κ1) is 10.7. The average Bonchev–Trinajstić information content (AvgIpc) is 2.21. The number of aliphatic hydroxyl groups is 1. The summed E-state index contributed by atoms with van der Waals surface area (Å²) in [5, 5.41) is 10.0. The Hall–Kier alpha value is -0.340. The zero-order valence-corrected chi connectivity index (χ0v) is 8.74. The topological polar surface area (TPSA) is 23.5 Å². The molecule has 0 saturated heterocycles. The molecular formula is C11H21NO. The lowest BCUT2D eigenvalue weighted by Gasteiger charge is -2.32. The van der Waals surface area contributed by atoms with Gasteiger partial charge in [0.05, 0.1) is 0 Å². The zero-order valence-electron chi connectivity index (χ0n) is 8.74. The lowest BCUT2D eigenvalue weighted by Crippen LogP contribution is -2.40. The van der Waals surface area contributed by atoms with Crippen LogP contribution >= 0.6 is 0 Å². The summed E-state index contributed by atoms with van der Waals surface area (Å²) in [6.07, 6.45) is 7.47. The molecule has 13 heavy (non-hydrogen) atoms. The van der Waals surface area contributed by atoms with E-state index in [4.69, 9.17) is 0 Å². The van der Waals surface area contributed by atoms with Crippen molar-refractivity contribution >= 4 is 0 Å². The minimum absolute atomic E-state index is 0.236. The zero-order chi connectivity index (χ0) is 9.68. The quantitative estimate of drug-likeness (QED) is 0.532. The molecule has 0 bridgehead atoms. The van der Waals surface area contributed by atoms with Crippen LogP contribution in [-0.4, -0.2) is 29.3 Å². The molecule has 1 rings (SSSR count). The van der Waals surface area contributed by atoms with Crippen molar-refractivity contribution in [3.8, 4) is 0 Å². The summed E-state index contributed by atoms with van der Waals surface area (Å²) in [7, 11) is 0. The van der Waals surface area contributed by atoms with E-state index in [1.165, 1.54) is 0 Å². The molecule has 0 aromatic rings. The molecule has 0 saturated carbocycles. The second-order valence-electron chi connectivity index (χ2n) is 3.68. The monoisotopic (exact) mass is 183 g/mol. The lowest BCUT2D eigenvalue weighted by atomic mass is 9.92. The lowest BCUT2D eigenvalue weighted by molar-refractivity contribution is -0.0371. The van der Waals surface area contributed by atoms with E-state index in [9.17, 15) is 5.11 Å². The average molecular weight is 183 g/mol. The first-order valence-electron chi connectivity index (χ1n) is 5.36. The van der Waals surface area contributed by atoms with Crippen LogP contribution in [0.1, 0.15) is 33.1 Å². The van der Waals surface area contributed by atoms with Crippen molar-refractivity contribution in [2.45, 2.75) is 39.3 Å². The Morgan fingerprint density at radius 1 is 1.38 bits per heavy atom. The van der Waals surface area contributed by atoms with Crippen LogP contribution in [0.15, 0.2) is 12.2 Å². The predicted molar refractivity (Wildman–Crippen MR) is 55.4 cm³/mol. The van der Waals surface area contributed by atoms with Crippen LogP contribution in [0.4, 0.5) is 0 Å². The van der Waals surface area contributed by atoms with Gasteiger partial charge in [0.2, 0.25) is 0 Å². The Morgan fingerprint density at radius 2 is 2.08 bits per heavy atom. The molecule has 0 aromatic heterocycles. The molecule has 2 heteroatoms. The fraction of sp³-hybridized carbons (Fsp3) is 0.818. The van der Waals surface area contributed by atoms with Gasteiger partial charge in [-0.2, -0.15) is 0 Å². The minimum atomic E-state index is -0.236. The highest BCUT2D eigenvalue weighted by molar-refractivity contribution is 4.91. The maximum absolute atomic E-state index is 10.0. The van der Waals surface area contributed by atoms with Crippen molar-refractivity contribution < 1.29 is 5.11 Å². The van der Waals surface area contributed by atoms with Crippen LogP contribution in [0.25, 0.3) is 0 Å². The normalized spacial score (nSPS) is 25.1. The molecule has 0 fully saturated rings. The first-order valence-corrected chi connectivity index (χ1v) is 5.36. The van der Waals surface area contributed by atoms with E-state index < -0.39 is 0 Å². The number of hydrogen-bond donors (Lipinski definition) is 1. The van der Waals surface area contributed by atoms with Crippen molar-refractivity contribution in [3.63, 3.8) is 0 Å². The fourth-order valence-electron chi connectivity index (χ4n) is 1.98. The Labute approximate surface area is 81.2 Å². The molecule has 1 N–H and O–H groups in total. The molecule has 0 aliphatic heterocycles. The summed E-state index contributed by atoms with van der Waals surface area (Å²) >= 11 is 0. The maximum atomic E-state index is 10.0. The third-order valence-electron chi connectivity index (χ3n) is 2.92. The molecule has 0 spiro atoms. The second kappa shape index (κ2) is 5.40. The van der Waals surface area contributed by atoms with Gasteiger partial charge < -0.3 is 5.11 Å². The predicted octanol–water partition coefficient (Wildman–Crippen LogP) is 2.00. The van der Waals surface area contributed by atoms with Crippen LogP contribution in [-0.2, 0) is 0 Å². The molecule has 1 aliphatic rings. The SMILES string of the molecule is CCN(CC)C(O)C1CC=CCC1. The summed E-state index contributed by atoms with van der Waals surface area (Å²) in [6, 6.07) is 0. The van der Waals surface area contributed by atoms with E-state index in [0.717, 1.165) is 32.4 Å². The van der Waals surface area contributed by atoms with Crippen molar-refractivity contribution in [2.24, 2.45) is 5.92 Å². The first-order chi connectivity index (χ1) is 6.29. The Bertz CT molecular complexity index is 163. The minimum Gasteiger partial charge on any atom is -0.378 e. The molecule has 2 unspecified atom stereocenters. The second-order valence-corrected chi connectivity index (χ2v) is 3.68. The van der Waals surface area contributed by atoms with Gasteiger partial charge in [0, 0.05) is 5.92 Å². The van der Waals surface area contributed by atoms with E-state index in [0.29, 0.717) is 5.92 Å². The molecule has 0 heterocycles. The number of nitrogens with zero attached hydrogens (tertiary/aromatic N) is 1. The van der Waals surface area contributed by atoms with E-state index in [1.807, 2.05) is 0 Å². The summed E-state index contributed by atoms with van der Waals surface area (Å²) in [6.45, 7) is 6.09. The van der Waals surface area contributed by atoms with Gasteiger partial charge in [-0.1, -0.05) is 26.0 Å². The number of hydrogen-bond acceptors (Lipinski definition) is 2. The van der Waals surface area contributed by atoms with Crippen LogP contribution in [0, 0.1) is 5.92 Å². The largest absolute Gasteiger partial charge is 0.378 e. The van der Waals surface area contributed by atoms with E-state index in [2.05, 4.69) is 30.9 Å². The highest BCUT2D eigenvalue weighted by Gasteiger charge is 2.23. The van der Waals surface area contributed by atoms with Crippen molar-refractivity contribution in [1.29, 1.82) is 0 Å². The maximum Gasteiger partial charge on any atom is 0.110 e. The third-order valence-corrected chi connectivity index (χ3v) is 2.92. The summed E-state index contributed by atoms with van der Waals surface area (Å²) in [4.78, 5) is 2.13. The van der Waals surface area contributed by atoms with E-state index in [1.54, 1.807) is 0 Å². The van der Waals surface area contributed by atoms with Gasteiger partial charge in [-0.25, -0.2) is 0 Å². The molecule has 76 valence electrons. The van der Waals surface area contributed by atoms with Crippen molar-refractivity contribution in [2.75, 3.05) is 13.1 Å². The molecule has 0 aromatic carbocycles. The molecule has 0 radical (unpaired) electrons. The van der Waals surface area contributed by atoms with Gasteiger partial charge in [0.25, 0.3) is 0 Å². The Balaban J connectivity index is 2.44. The molecule has 0 amide bonds. The number of aliphatic hydroxyl groups excluding tert-OH is 1. The van der Waals surface area contributed by atoms with Gasteiger partial charge in [0.15, 0.2) is 0 Å². The third kappa shape index (κ3) is 2.82. The standard InChI is InChI=1S/C11H21NO/c1-3-12(4-2)11(13)10-8-6-5-7-9-10/h5-6,10-11,13H,3-4,7-9H2,1-2H3. The van der Waals surface area contributed by atoms with Crippen LogP contribution in [0.3, 0.4) is 0 Å². The summed E-state index contributed by atoms with van der Waals surface area (Å²) in [5.74, 6) is 0.449. The number of rotatable bonds is 4. The molecule has 1 aliphatic carbocycles. The van der Waals surface area contributed by atoms with Gasteiger partial charge in [-0.15, -0.1) is 0 Å². The van der Waals surface area contributed by atoms with Crippen LogP contribution < -0.4 is 0 Å². The van der Waals surface area contributed by atoms with E-state index in [-0.39, 0.29) is 6.23 Å². The Morgan fingerprint density at radius 3 is 2.54 bits per heavy atom. The van der Waals surface area contributed by atoms with Crippen LogP contribution in [0.2, 0.25) is 0 Å². The van der Waals surface area contributed by atoms with Crippen LogP contribution in [0.5, 0.6) is 0 Å². The van der Waals surface area contributed by atoms with Gasteiger partial charge >= 0.3 is 0 Å². The smallest absolute Gasteiger partial charge is 0.110 e. The highest BCUT2D eigenvalue weighted by Crippen LogP contribution is 2.23. The Kier molecular flexibility index (Phi) is 4.46. The summed E-state index contributed by atoms with van der Waals surface area (Å²) < 4.78 is 0. The van der Waals surface area contributed by atoms with E-state index >= 15 is 0 Å². The van der Waals surface area contributed by atoms with Crippen molar-refractivity contribution in [3.05, 3.63) is 12.2 Å². The van der Waals surface area contributed by atoms with Gasteiger partial charge in [0.1, 0.15) is 6.23 Å². The molecular weight excluding hydrogens is 162 g/mol. The highest BCUT2D eigenvalue weighted by atomic mass is 16.3. The fourth-order valence-corrected chi connectivity index (χ4v) is 1.98. The van der Waals surface area contributed by atoms with Crippen molar-refractivity contribution in [1.82, 2.24) is 4.90 Å². The van der Waals surface area contributed by atoms with Gasteiger partial charge in [-0.05, 0) is 32.4 Å². The summed E-state index contributed by atoms with van der Waals surface area (Å²) in [5.41, 5.74) is 0. The number of allylic oxidation sites excluding steroid dienone is 2. The molecule has 2 atom stereocenters. The van der Waals surface area contributed by atoms with Gasteiger partial charge in [-0.3, -0.25) is 4.90 Å².